The molecule has 19 heavy (non-hydrogen) atoms. The van der Waals surface area contributed by atoms with Gasteiger partial charge in [0, 0.05) is 18.8 Å². The summed E-state index contributed by atoms with van der Waals surface area (Å²) in [7, 11) is 0. The number of hydrogen-bond acceptors (Lipinski definition) is 1. The fourth-order valence-corrected chi connectivity index (χ4v) is 2.15. The van der Waals surface area contributed by atoms with Crippen LogP contribution in [-0.4, -0.2) is 23.1 Å². The molecule has 0 heterocycles. The van der Waals surface area contributed by atoms with Gasteiger partial charge in [-0.15, -0.1) is 0 Å². The van der Waals surface area contributed by atoms with E-state index >= 15 is 0 Å². The Balaban J connectivity index is 2.56. The van der Waals surface area contributed by atoms with Gasteiger partial charge in [-0.1, -0.05) is 44.4 Å². The van der Waals surface area contributed by atoms with Crippen molar-refractivity contribution in [3.8, 4) is 0 Å². The number of rotatable bonds is 7. The summed E-state index contributed by atoms with van der Waals surface area (Å²) >= 11 is 5.53. The highest BCUT2D eigenvalue weighted by Crippen LogP contribution is 2.10. The molecular weight excluding hydrogens is 252 g/mol. The highest BCUT2D eigenvalue weighted by Gasteiger charge is 2.08. The minimum absolute atomic E-state index is 0.853. The van der Waals surface area contributed by atoms with E-state index in [0.29, 0.717) is 0 Å². The molecule has 0 fully saturated rings. The maximum absolute atomic E-state index is 5.53. The quantitative estimate of drug-likeness (QED) is 0.734. The molecule has 0 aliphatic heterocycles. The van der Waals surface area contributed by atoms with Crippen LogP contribution in [0.3, 0.4) is 0 Å². The summed E-state index contributed by atoms with van der Waals surface area (Å²) in [4.78, 5) is 2.29. The number of nitrogens with one attached hydrogen (secondary N) is 1. The second-order valence-corrected chi connectivity index (χ2v) is 5.38. The van der Waals surface area contributed by atoms with Crippen molar-refractivity contribution in [2.75, 3.05) is 18.4 Å². The van der Waals surface area contributed by atoms with Crippen molar-refractivity contribution < 1.29 is 0 Å². The molecule has 0 unspecified atom stereocenters. The lowest BCUT2D eigenvalue weighted by atomic mass is 10.2. The van der Waals surface area contributed by atoms with Gasteiger partial charge in [0.1, 0.15) is 0 Å². The summed E-state index contributed by atoms with van der Waals surface area (Å²) in [6.07, 6.45) is 4.80. The molecule has 1 aromatic rings. The molecule has 2 nitrogen and oxygen atoms in total. The van der Waals surface area contributed by atoms with Crippen LogP contribution in [0.5, 0.6) is 0 Å². The molecule has 0 bridgehead atoms. The maximum Gasteiger partial charge on any atom is 0.173 e. The van der Waals surface area contributed by atoms with Crippen LogP contribution in [0.1, 0.15) is 45.1 Å². The van der Waals surface area contributed by atoms with E-state index in [1.807, 2.05) is 0 Å². The second kappa shape index (κ2) is 8.92. The van der Waals surface area contributed by atoms with Crippen LogP contribution >= 0.6 is 12.2 Å². The molecule has 0 saturated heterocycles. The van der Waals surface area contributed by atoms with Crippen LogP contribution in [-0.2, 0) is 0 Å². The van der Waals surface area contributed by atoms with Gasteiger partial charge >= 0.3 is 0 Å². The molecule has 3 heteroatoms. The number of anilines is 1. The van der Waals surface area contributed by atoms with E-state index in [-0.39, 0.29) is 0 Å². The van der Waals surface area contributed by atoms with Gasteiger partial charge in [-0.25, -0.2) is 0 Å². The Bertz CT molecular complexity index is 365. The van der Waals surface area contributed by atoms with Crippen molar-refractivity contribution in [2.24, 2.45) is 0 Å². The molecule has 1 rings (SSSR count). The number of hydrogen-bond donors (Lipinski definition) is 1. The van der Waals surface area contributed by atoms with Gasteiger partial charge < -0.3 is 10.2 Å². The van der Waals surface area contributed by atoms with E-state index in [0.717, 1.165) is 23.9 Å². The Hall–Kier alpha value is -1.09. The van der Waals surface area contributed by atoms with Crippen molar-refractivity contribution in [3.63, 3.8) is 0 Å². The number of benzene rings is 1. The highest BCUT2D eigenvalue weighted by molar-refractivity contribution is 7.80. The zero-order valence-electron chi connectivity index (χ0n) is 12.4. The van der Waals surface area contributed by atoms with Crippen molar-refractivity contribution >= 4 is 23.0 Å². The van der Waals surface area contributed by atoms with Gasteiger partial charge in [0.25, 0.3) is 0 Å². The topological polar surface area (TPSA) is 15.3 Å². The zero-order valence-corrected chi connectivity index (χ0v) is 13.2. The predicted octanol–water partition coefficient (Wildman–Crippen LogP) is 4.59. The molecule has 0 aromatic heterocycles. The van der Waals surface area contributed by atoms with Gasteiger partial charge in [0.2, 0.25) is 0 Å². The summed E-state index contributed by atoms with van der Waals surface area (Å²) in [6.45, 7) is 8.63. The Labute approximate surface area is 123 Å². The number of nitrogens with zero attached hydrogens (tertiary/aromatic N) is 1. The predicted molar refractivity (Wildman–Crippen MR) is 88.8 cm³/mol. The summed E-state index contributed by atoms with van der Waals surface area (Å²) < 4.78 is 0. The molecule has 0 atom stereocenters. The van der Waals surface area contributed by atoms with E-state index in [9.17, 15) is 0 Å². The minimum Gasteiger partial charge on any atom is -0.349 e. The normalized spacial score (nSPS) is 10.3. The highest BCUT2D eigenvalue weighted by atomic mass is 32.1. The lowest BCUT2D eigenvalue weighted by Crippen LogP contribution is -2.36. The molecule has 1 aromatic carbocycles. The van der Waals surface area contributed by atoms with Crippen molar-refractivity contribution in [3.05, 3.63) is 29.8 Å². The third kappa shape index (κ3) is 6.06. The average molecular weight is 278 g/mol. The van der Waals surface area contributed by atoms with Gasteiger partial charge in [-0.05, 0) is 44.1 Å². The fraction of sp³-hybridized carbons (Fsp3) is 0.562. The van der Waals surface area contributed by atoms with Crippen LogP contribution in [0.15, 0.2) is 24.3 Å². The largest absolute Gasteiger partial charge is 0.349 e. The Morgan fingerprint density at radius 1 is 1.05 bits per heavy atom. The number of unbranched alkanes of at least 4 members (excludes halogenated alkanes) is 2. The third-order valence-corrected chi connectivity index (χ3v) is 3.51. The Morgan fingerprint density at radius 2 is 1.58 bits per heavy atom. The SMILES string of the molecule is CCCCN(CCCC)C(=S)Nc1ccc(C)cc1. The minimum atomic E-state index is 0.853. The molecule has 0 saturated carbocycles. The van der Waals surface area contributed by atoms with Crippen molar-refractivity contribution in [2.45, 2.75) is 46.5 Å². The third-order valence-electron chi connectivity index (χ3n) is 3.15. The smallest absolute Gasteiger partial charge is 0.173 e. The molecular formula is C16H26N2S. The molecule has 0 aliphatic carbocycles. The molecule has 106 valence electrons. The summed E-state index contributed by atoms with van der Waals surface area (Å²) in [5.74, 6) is 0. The molecule has 0 amide bonds. The van der Waals surface area contributed by atoms with E-state index in [4.69, 9.17) is 12.2 Å². The van der Waals surface area contributed by atoms with Crippen LogP contribution in [0.4, 0.5) is 5.69 Å². The van der Waals surface area contributed by atoms with Gasteiger partial charge in [-0.3, -0.25) is 0 Å². The standard InChI is InChI=1S/C16H26N2S/c1-4-6-12-18(13-7-5-2)16(19)17-15-10-8-14(3)9-11-15/h8-11H,4-7,12-13H2,1-3H3,(H,17,19). The first-order valence-electron chi connectivity index (χ1n) is 7.30. The lowest BCUT2D eigenvalue weighted by Gasteiger charge is -2.25. The van der Waals surface area contributed by atoms with E-state index in [2.05, 4.69) is 55.3 Å². The van der Waals surface area contributed by atoms with Crippen molar-refractivity contribution in [1.29, 1.82) is 0 Å². The Morgan fingerprint density at radius 3 is 2.05 bits per heavy atom. The molecule has 0 spiro atoms. The second-order valence-electron chi connectivity index (χ2n) is 4.99. The van der Waals surface area contributed by atoms with Crippen molar-refractivity contribution in [1.82, 2.24) is 4.90 Å². The van der Waals surface area contributed by atoms with Crippen LogP contribution < -0.4 is 5.32 Å². The first kappa shape index (κ1) is 16.0. The van der Waals surface area contributed by atoms with E-state index < -0.39 is 0 Å². The maximum atomic E-state index is 5.53. The molecule has 0 aliphatic rings. The van der Waals surface area contributed by atoms with Crippen LogP contribution in [0, 0.1) is 6.92 Å². The zero-order chi connectivity index (χ0) is 14.1. The molecule has 0 radical (unpaired) electrons. The summed E-state index contributed by atoms with van der Waals surface area (Å²) in [6, 6.07) is 8.37. The van der Waals surface area contributed by atoms with Gasteiger partial charge in [-0.2, -0.15) is 0 Å². The van der Waals surface area contributed by atoms with Crippen LogP contribution in [0.2, 0.25) is 0 Å². The fourth-order valence-electron chi connectivity index (χ4n) is 1.85. The average Bonchev–Trinajstić information content (AvgIpc) is 2.41. The number of thiocarbonyl (C=S) groups is 1. The first-order chi connectivity index (χ1) is 9.17. The van der Waals surface area contributed by atoms with Gasteiger partial charge in [0.15, 0.2) is 5.11 Å². The summed E-state index contributed by atoms with van der Waals surface area (Å²) in [5, 5.41) is 4.20. The molecule has 1 N–H and O–H groups in total. The Kier molecular flexibility index (Phi) is 7.49. The first-order valence-corrected chi connectivity index (χ1v) is 7.70. The summed E-state index contributed by atoms with van der Waals surface area (Å²) in [5.41, 5.74) is 2.35. The number of aryl methyl sites for hydroxylation is 1. The van der Waals surface area contributed by atoms with Crippen LogP contribution in [0.25, 0.3) is 0 Å². The lowest BCUT2D eigenvalue weighted by molar-refractivity contribution is 0.403. The van der Waals surface area contributed by atoms with E-state index in [1.54, 1.807) is 0 Å². The van der Waals surface area contributed by atoms with E-state index in [1.165, 1.54) is 31.2 Å². The van der Waals surface area contributed by atoms with Gasteiger partial charge in [0.05, 0.1) is 0 Å². The monoisotopic (exact) mass is 278 g/mol.